The van der Waals surface area contributed by atoms with Gasteiger partial charge in [0.1, 0.15) is 0 Å². The van der Waals surface area contributed by atoms with E-state index in [1.165, 1.54) is 19.3 Å². The van der Waals surface area contributed by atoms with Crippen molar-refractivity contribution in [3.05, 3.63) is 9.66 Å². The van der Waals surface area contributed by atoms with Gasteiger partial charge in [0.2, 0.25) is 5.91 Å². The Morgan fingerprint density at radius 2 is 1.88 bits per heavy atom. The highest BCUT2D eigenvalue weighted by Gasteiger charge is 2.35. The van der Waals surface area contributed by atoms with Crippen LogP contribution in [0, 0.1) is 5.92 Å². The van der Waals surface area contributed by atoms with Gasteiger partial charge in [-0.2, -0.15) is 0 Å². The lowest BCUT2D eigenvalue weighted by Gasteiger charge is -2.20. The number of allylic oxidation sites excluding steroid dienone is 1. The molecule has 0 aromatic rings. The molecule has 2 unspecified atom stereocenters. The second-order valence-corrected chi connectivity index (χ2v) is 8.09. The number of ketones is 1. The van der Waals surface area contributed by atoms with Crippen LogP contribution in [0.25, 0.3) is 0 Å². The molecule has 5 heteroatoms. The lowest BCUT2D eigenvalue weighted by Crippen LogP contribution is -2.25. The van der Waals surface area contributed by atoms with Crippen molar-refractivity contribution in [3.8, 4) is 0 Å². The fourth-order valence-corrected chi connectivity index (χ4v) is 4.00. The van der Waals surface area contributed by atoms with Crippen molar-refractivity contribution >= 4 is 34.3 Å². The second-order valence-electron chi connectivity index (χ2n) is 6.84. The zero-order chi connectivity index (χ0) is 18.5. The normalized spacial score (nSPS) is 20.0. The van der Waals surface area contributed by atoms with Crippen molar-refractivity contribution in [2.24, 2.45) is 5.92 Å². The number of amides is 1. The van der Waals surface area contributed by atoms with Crippen molar-refractivity contribution in [3.63, 3.8) is 0 Å². The van der Waals surface area contributed by atoms with Gasteiger partial charge in [-0.1, -0.05) is 46.0 Å². The first-order valence-corrected chi connectivity index (χ1v) is 11.0. The zero-order valence-corrected chi connectivity index (χ0v) is 18.0. The highest BCUT2D eigenvalue weighted by molar-refractivity contribution is 14.1. The SMILES string of the molecule is CCCCCCC1C(=O)C=C(I)C1OCCCCCC(=O)NCCC. The fraction of sp³-hybridized carbons (Fsp3) is 0.800. The van der Waals surface area contributed by atoms with Gasteiger partial charge < -0.3 is 10.1 Å². The third-order valence-electron chi connectivity index (χ3n) is 4.57. The van der Waals surface area contributed by atoms with Gasteiger partial charge in [-0.05, 0) is 54.4 Å². The van der Waals surface area contributed by atoms with Gasteiger partial charge >= 0.3 is 0 Å². The molecule has 1 amide bonds. The van der Waals surface area contributed by atoms with E-state index in [2.05, 4.69) is 41.8 Å². The minimum Gasteiger partial charge on any atom is -0.372 e. The maximum absolute atomic E-state index is 12.1. The highest BCUT2D eigenvalue weighted by atomic mass is 127. The van der Waals surface area contributed by atoms with E-state index in [1.807, 2.05) is 0 Å². The van der Waals surface area contributed by atoms with Gasteiger partial charge in [0.25, 0.3) is 0 Å². The van der Waals surface area contributed by atoms with Crippen LogP contribution >= 0.6 is 22.6 Å². The quantitative estimate of drug-likeness (QED) is 0.293. The summed E-state index contributed by atoms with van der Waals surface area (Å²) in [6.07, 6.45) is 11.8. The summed E-state index contributed by atoms with van der Waals surface area (Å²) in [5.74, 6) is 0.399. The molecule has 0 radical (unpaired) electrons. The molecule has 0 heterocycles. The number of hydrogen-bond acceptors (Lipinski definition) is 3. The molecule has 25 heavy (non-hydrogen) atoms. The van der Waals surface area contributed by atoms with Crippen molar-refractivity contribution in [2.45, 2.75) is 84.2 Å². The minimum absolute atomic E-state index is 0.0172. The maximum Gasteiger partial charge on any atom is 0.219 e. The molecule has 0 spiro atoms. The summed E-state index contributed by atoms with van der Waals surface area (Å²) >= 11 is 2.25. The number of carbonyl (C=O) groups excluding carboxylic acids is 2. The first kappa shape index (κ1) is 22.6. The lowest BCUT2D eigenvalue weighted by atomic mass is 9.96. The summed E-state index contributed by atoms with van der Waals surface area (Å²) < 4.78 is 7.07. The first-order chi connectivity index (χ1) is 12.1. The molecule has 0 fully saturated rings. The van der Waals surface area contributed by atoms with E-state index in [0.717, 1.165) is 48.6 Å². The van der Waals surface area contributed by atoms with Crippen molar-refractivity contribution in [2.75, 3.05) is 13.2 Å². The fourth-order valence-electron chi connectivity index (χ4n) is 3.07. The number of nitrogens with one attached hydrogen (secondary N) is 1. The molecule has 1 aliphatic carbocycles. The van der Waals surface area contributed by atoms with Gasteiger partial charge in [-0.15, -0.1) is 0 Å². The van der Waals surface area contributed by atoms with E-state index in [9.17, 15) is 9.59 Å². The highest BCUT2D eigenvalue weighted by Crippen LogP contribution is 2.33. The summed E-state index contributed by atoms with van der Waals surface area (Å²) in [6.45, 7) is 5.69. The Labute approximate surface area is 166 Å². The van der Waals surface area contributed by atoms with E-state index < -0.39 is 0 Å². The predicted octanol–water partition coefficient (Wildman–Crippen LogP) is 4.95. The van der Waals surface area contributed by atoms with Gasteiger partial charge in [-0.3, -0.25) is 9.59 Å². The third-order valence-corrected chi connectivity index (χ3v) is 5.49. The van der Waals surface area contributed by atoms with E-state index >= 15 is 0 Å². The molecule has 0 aromatic heterocycles. The van der Waals surface area contributed by atoms with Crippen LogP contribution < -0.4 is 5.32 Å². The Morgan fingerprint density at radius 1 is 1.12 bits per heavy atom. The van der Waals surface area contributed by atoms with E-state index in [-0.39, 0.29) is 23.7 Å². The number of carbonyl (C=O) groups is 2. The number of ether oxygens (including phenoxy) is 1. The van der Waals surface area contributed by atoms with E-state index in [4.69, 9.17) is 4.74 Å². The molecule has 0 aliphatic heterocycles. The summed E-state index contributed by atoms with van der Waals surface area (Å²) in [5, 5.41) is 2.90. The van der Waals surface area contributed by atoms with Gasteiger partial charge in [0.05, 0.1) is 12.0 Å². The average Bonchev–Trinajstić information content (AvgIpc) is 2.86. The van der Waals surface area contributed by atoms with Crippen LogP contribution in [0.3, 0.4) is 0 Å². The largest absolute Gasteiger partial charge is 0.372 e. The topological polar surface area (TPSA) is 55.4 Å². The molecule has 1 rings (SSSR count). The Kier molecular flexibility index (Phi) is 12.4. The average molecular weight is 463 g/mol. The summed E-state index contributed by atoms with van der Waals surface area (Å²) in [7, 11) is 0. The maximum atomic E-state index is 12.1. The molecular formula is C20H34INO3. The molecule has 2 atom stereocenters. The van der Waals surface area contributed by atoms with Crippen molar-refractivity contribution in [1.82, 2.24) is 5.32 Å². The molecule has 1 N–H and O–H groups in total. The van der Waals surface area contributed by atoms with E-state index in [1.54, 1.807) is 6.08 Å². The first-order valence-electron chi connectivity index (χ1n) is 9.89. The van der Waals surface area contributed by atoms with Crippen LogP contribution in [0.5, 0.6) is 0 Å². The van der Waals surface area contributed by atoms with Gasteiger partial charge in [0.15, 0.2) is 5.78 Å². The molecule has 0 aromatic carbocycles. The van der Waals surface area contributed by atoms with Crippen LogP contribution in [-0.4, -0.2) is 30.9 Å². The zero-order valence-electron chi connectivity index (χ0n) is 15.8. The standard InChI is InChI=1S/C20H34INO3/c1-3-5-6-8-11-16-18(23)15-17(21)20(16)25-14-10-7-9-12-19(24)22-13-4-2/h15-16,20H,3-14H2,1-2H3,(H,22,24). The number of hydrogen-bond donors (Lipinski definition) is 1. The van der Waals surface area contributed by atoms with Crippen LogP contribution in [0.2, 0.25) is 0 Å². The summed E-state index contributed by atoms with van der Waals surface area (Å²) in [4.78, 5) is 23.7. The molecular weight excluding hydrogens is 429 g/mol. The Hall–Kier alpha value is -0.430. The molecule has 4 nitrogen and oxygen atoms in total. The van der Waals surface area contributed by atoms with E-state index in [0.29, 0.717) is 13.0 Å². The van der Waals surface area contributed by atoms with Gasteiger partial charge in [0, 0.05) is 23.2 Å². The lowest BCUT2D eigenvalue weighted by molar-refractivity contribution is -0.122. The number of unbranched alkanes of at least 4 members (excludes halogenated alkanes) is 5. The smallest absolute Gasteiger partial charge is 0.219 e. The molecule has 1 aliphatic rings. The van der Waals surface area contributed by atoms with Crippen molar-refractivity contribution < 1.29 is 14.3 Å². The second kappa shape index (κ2) is 13.7. The van der Waals surface area contributed by atoms with Gasteiger partial charge in [-0.25, -0.2) is 0 Å². The van der Waals surface area contributed by atoms with Crippen LogP contribution in [-0.2, 0) is 14.3 Å². The van der Waals surface area contributed by atoms with Crippen LogP contribution in [0.15, 0.2) is 9.66 Å². The monoisotopic (exact) mass is 463 g/mol. The molecule has 0 saturated carbocycles. The number of halogens is 1. The molecule has 144 valence electrons. The molecule has 0 bridgehead atoms. The summed E-state index contributed by atoms with van der Waals surface area (Å²) in [5.41, 5.74) is 0. The van der Waals surface area contributed by atoms with Crippen LogP contribution in [0.1, 0.15) is 78.1 Å². The van der Waals surface area contributed by atoms with Crippen LogP contribution in [0.4, 0.5) is 0 Å². The predicted molar refractivity (Wildman–Crippen MR) is 111 cm³/mol. The Morgan fingerprint density at radius 3 is 2.60 bits per heavy atom. The number of rotatable bonds is 14. The van der Waals surface area contributed by atoms with Crippen molar-refractivity contribution in [1.29, 1.82) is 0 Å². The Bertz CT molecular complexity index is 437. The Balaban J connectivity index is 2.19. The molecule has 0 saturated heterocycles. The third kappa shape index (κ3) is 9.18. The summed E-state index contributed by atoms with van der Waals surface area (Å²) in [6, 6.07) is 0. The minimum atomic E-state index is -0.0393.